The van der Waals surface area contributed by atoms with E-state index in [1.807, 2.05) is 30.3 Å². The van der Waals surface area contributed by atoms with E-state index in [1.165, 1.54) is 6.92 Å². The Labute approximate surface area is 142 Å². The molecule has 24 heavy (non-hydrogen) atoms. The van der Waals surface area contributed by atoms with E-state index in [0.29, 0.717) is 6.61 Å². The Balaban J connectivity index is 1.90. The lowest BCUT2D eigenvalue weighted by Crippen LogP contribution is -2.52. The monoisotopic (exact) mass is 334 g/mol. The van der Waals surface area contributed by atoms with Crippen molar-refractivity contribution in [1.82, 2.24) is 10.6 Å². The summed E-state index contributed by atoms with van der Waals surface area (Å²) in [6, 6.07) is 8.99. The fourth-order valence-corrected chi connectivity index (χ4v) is 2.67. The molecule has 2 rings (SSSR count). The summed E-state index contributed by atoms with van der Waals surface area (Å²) >= 11 is 0. The molecular formula is C18H26N2O4. The van der Waals surface area contributed by atoms with E-state index in [1.54, 1.807) is 6.92 Å². The van der Waals surface area contributed by atoms with Crippen LogP contribution in [0.5, 0.6) is 0 Å². The van der Waals surface area contributed by atoms with E-state index in [-0.39, 0.29) is 11.9 Å². The third-order valence-electron chi connectivity index (χ3n) is 3.94. The van der Waals surface area contributed by atoms with Crippen LogP contribution in [0.4, 0.5) is 0 Å². The minimum absolute atomic E-state index is 0.0809. The molecule has 0 spiro atoms. The van der Waals surface area contributed by atoms with Crippen molar-refractivity contribution in [2.45, 2.75) is 58.1 Å². The van der Waals surface area contributed by atoms with Gasteiger partial charge in [-0.2, -0.15) is 0 Å². The molecule has 6 nitrogen and oxygen atoms in total. The van der Waals surface area contributed by atoms with Gasteiger partial charge in [0.2, 0.25) is 12.2 Å². The predicted molar refractivity (Wildman–Crippen MR) is 90.0 cm³/mol. The summed E-state index contributed by atoms with van der Waals surface area (Å²) in [5.74, 6) is -0.521. The number of hydrogen-bond donors (Lipinski definition) is 2. The van der Waals surface area contributed by atoms with Crippen molar-refractivity contribution in [3.05, 3.63) is 35.9 Å². The van der Waals surface area contributed by atoms with Crippen LogP contribution < -0.4 is 10.6 Å². The Kier molecular flexibility index (Phi) is 7.21. The average molecular weight is 334 g/mol. The SMILES string of the molecule is CC(=O)OC(OCc1ccccc1)C(C)NC(=O)[C@@H]1CCCCN1. The number of amides is 1. The number of benzene rings is 1. The van der Waals surface area contributed by atoms with Gasteiger partial charge < -0.3 is 20.1 Å². The van der Waals surface area contributed by atoms with Gasteiger partial charge in [0.15, 0.2) is 0 Å². The maximum Gasteiger partial charge on any atom is 0.305 e. The fourth-order valence-electron chi connectivity index (χ4n) is 2.67. The third kappa shape index (κ3) is 5.94. The molecule has 2 N–H and O–H groups in total. The van der Waals surface area contributed by atoms with E-state index >= 15 is 0 Å². The summed E-state index contributed by atoms with van der Waals surface area (Å²) in [6.45, 7) is 4.26. The zero-order valence-electron chi connectivity index (χ0n) is 14.3. The molecule has 3 atom stereocenters. The van der Waals surface area contributed by atoms with Gasteiger partial charge in [-0.1, -0.05) is 36.8 Å². The highest BCUT2D eigenvalue weighted by Crippen LogP contribution is 2.11. The second kappa shape index (κ2) is 9.39. The van der Waals surface area contributed by atoms with Crippen molar-refractivity contribution in [2.24, 2.45) is 0 Å². The first-order valence-electron chi connectivity index (χ1n) is 8.43. The number of hydrogen-bond acceptors (Lipinski definition) is 5. The van der Waals surface area contributed by atoms with Gasteiger partial charge in [-0.25, -0.2) is 0 Å². The van der Waals surface area contributed by atoms with E-state index in [2.05, 4.69) is 10.6 Å². The first-order valence-corrected chi connectivity index (χ1v) is 8.43. The molecule has 1 aromatic carbocycles. The third-order valence-corrected chi connectivity index (χ3v) is 3.94. The zero-order chi connectivity index (χ0) is 17.4. The molecule has 132 valence electrons. The number of carbonyl (C=O) groups excluding carboxylic acids is 2. The molecule has 0 aromatic heterocycles. The van der Waals surface area contributed by atoms with Gasteiger partial charge in [0, 0.05) is 6.92 Å². The first kappa shape index (κ1) is 18.4. The Morgan fingerprint density at radius 3 is 2.67 bits per heavy atom. The van der Waals surface area contributed by atoms with E-state index in [9.17, 15) is 9.59 Å². The van der Waals surface area contributed by atoms with Crippen LogP contribution in [-0.2, 0) is 25.7 Å². The molecule has 1 heterocycles. The Morgan fingerprint density at radius 1 is 1.29 bits per heavy atom. The van der Waals surface area contributed by atoms with Crippen LogP contribution in [0.1, 0.15) is 38.7 Å². The highest BCUT2D eigenvalue weighted by molar-refractivity contribution is 5.82. The Hall–Kier alpha value is -1.92. The molecule has 0 saturated carbocycles. The fraction of sp³-hybridized carbons (Fsp3) is 0.556. The van der Waals surface area contributed by atoms with Gasteiger partial charge in [-0.05, 0) is 31.9 Å². The minimum atomic E-state index is -0.824. The van der Waals surface area contributed by atoms with E-state index < -0.39 is 18.3 Å². The summed E-state index contributed by atoms with van der Waals surface area (Å²) in [5, 5.41) is 6.09. The van der Waals surface area contributed by atoms with Gasteiger partial charge >= 0.3 is 5.97 Å². The lowest BCUT2D eigenvalue weighted by atomic mass is 10.0. The molecule has 0 radical (unpaired) electrons. The van der Waals surface area contributed by atoms with Crippen molar-refractivity contribution in [1.29, 1.82) is 0 Å². The van der Waals surface area contributed by atoms with Gasteiger partial charge in [0.25, 0.3) is 0 Å². The highest BCUT2D eigenvalue weighted by atomic mass is 16.7. The van der Waals surface area contributed by atoms with Crippen molar-refractivity contribution in [2.75, 3.05) is 6.54 Å². The van der Waals surface area contributed by atoms with Crippen LogP contribution in [0.25, 0.3) is 0 Å². The standard InChI is InChI=1S/C18H26N2O4/c1-13(20-17(22)16-10-6-7-11-19-16)18(24-14(2)21)23-12-15-8-4-3-5-9-15/h3-5,8-9,13,16,18-19H,6-7,10-12H2,1-2H3,(H,20,22)/t13?,16-,18?/m0/s1. The first-order chi connectivity index (χ1) is 11.6. The summed E-state index contributed by atoms with van der Waals surface area (Å²) in [5.41, 5.74) is 0.974. The molecule has 1 fully saturated rings. The molecule has 0 aliphatic carbocycles. The van der Waals surface area contributed by atoms with Gasteiger partial charge in [0.05, 0.1) is 18.7 Å². The normalized spacial score (nSPS) is 20.0. The second-order valence-electron chi connectivity index (χ2n) is 6.07. The number of piperidine rings is 1. The van der Waals surface area contributed by atoms with Gasteiger partial charge in [0.1, 0.15) is 0 Å². The predicted octanol–water partition coefficient (Wildman–Crippen LogP) is 1.74. The van der Waals surface area contributed by atoms with Crippen LogP contribution in [0, 0.1) is 0 Å². The summed E-state index contributed by atoms with van der Waals surface area (Å²) in [4.78, 5) is 23.6. The molecule has 1 saturated heterocycles. The molecular weight excluding hydrogens is 308 g/mol. The highest BCUT2D eigenvalue weighted by Gasteiger charge is 2.27. The molecule has 0 bridgehead atoms. The Morgan fingerprint density at radius 2 is 2.04 bits per heavy atom. The van der Waals surface area contributed by atoms with Crippen molar-refractivity contribution < 1.29 is 19.1 Å². The summed E-state index contributed by atoms with van der Waals surface area (Å²) in [7, 11) is 0. The molecule has 1 aliphatic rings. The van der Waals surface area contributed by atoms with E-state index in [4.69, 9.17) is 9.47 Å². The van der Waals surface area contributed by atoms with Crippen LogP contribution in [0.2, 0.25) is 0 Å². The smallest absolute Gasteiger partial charge is 0.305 e. The van der Waals surface area contributed by atoms with Gasteiger partial charge in [-0.15, -0.1) is 0 Å². The summed E-state index contributed by atoms with van der Waals surface area (Å²) in [6.07, 6.45) is 2.13. The lowest BCUT2D eigenvalue weighted by Gasteiger charge is -2.28. The van der Waals surface area contributed by atoms with E-state index in [0.717, 1.165) is 31.4 Å². The van der Waals surface area contributed by atoms with Gasteiger partial charge in [-0.3, -0.25) is 9.59 Å². The van der Waals surface area contributed by atoms with Crippen molar-refractivity contribution in [3.8, 4) is 0 Å². The minimum Gasteiger partial charge on any atom is -0.434 e. The number of rotatable bonds is 7. The van der Waals surface area contributed by atoms with Crippen LogP contribution in [0.15, 0.2) is 30.3 Å². The number of ether oxygens (including phenoxy) is 2. The largest absolute Gasteiger partial charge is 0.434 e. The topological polar surface area (TPSA) is 76.7 Å². The van der Waals surface area contributed by atoms with Crippen molar-refractivity contribution in [3.63, 3.8) is 0 Å². The summed E-state index contributed by atoms with van der Waals surface area (Å²) < 4.78 is 10.9. The number of esters is 1. The maximum atomic E-state index is 12.3. The Bertz CT molecular complexity index is 529. The number of nitrogens with one attached hydrogen (secondary N) is 2. The zero-order valence-corrected chi connectivity index (χ0v) is 14.3. The molecule has 1 aromatic rings. The molecule has 1 aliphatic heterocycles. The lowest BCUT2D eigenvalue weighted by molar-refractivity contribution is -0.186. The average Bonchev–Trinajstić information content (AvgIpc) is 2.59. The number of carbonyl (C=O) groups is 2. The molecule has 1 amide bonds. The van der Waals surface area contributed by atoms with Crippen LogP contribution in [-0.4, -0.2) is 36.8 Å². The molecule has 2 unspecified atom stereocenters. The quantitative estimate of drug-likeness (QED) is 0.587. The maximum absolute atomic E-state index is 12.3. The molecule has 6 heteroatoms. The second-order valence-corrected chi connectivity index (χ2v) is 6.07. The van der Waals surface area contributed by atoms with Crippen molar-refractivity contribution >= 4 is 11.9 Å². The van der Waals surface area contributed by atoms with Crippen LogP contribution in [0.3, 0.4) is 0 Å². The van der Waals surface area contributed by atoms with Crippen LogP contribution >= 0.6 is 0 Å².